The number of benzene rings is 2. The topological polar surface area (TPSA) is 76.7 Å². The Labute approximate surface area is 145 Å². The number of carbonyl (C=O) groups is 2. The highest BCUT2D eigenvalue weighted by Crippen LogP contribution is 2.13. The summed E-state index contributed by atoms with van der Waals surface area (Å²) in [6.45, 7) is 0.321. The third-order valence-corrected chi connectivity index (χ3v) is 3.30. The van der Waals surface area contributed by atoms with Crippen LogP contribution in [0.4, 0.5) is 21.0 Å². The molecule has 1 amide bonds. The standard InChI is InChI=1S/C17H18N2O4S/c1-18-14-6-2-12(3-7-14)10-22-16(20)19-15-8-4-13(5-9-15)11-23-17(21)24/h2-9,18H,10-11H2,1H3,(H,19,20)(H,21,24). The van der Waals surface area contributed by atoms with E-state index in [0.717, 1.165) is 16.8 Å². The zero-order chi connectivity index (χ0) is 17.4. The molecule has 0 atom stereocenters. The number of hydrogen-bond donors (Lipinski definition) is 3. The van der Waals surface area contributed by atoms with Crippen molar-refractivity contribution in [3.8, 4) is 0 Å². The molecule has 6 nitrogen and oxygen atoms in total. The first-order chi connectivity index (χ1) is 11.6. The molecular weight excluding hydrogens is 328 g/mol. The summed E-state index contributed by atoms with van der Waals surface area (Å²) < 4.78 is 9.93. The van der Waals surface area contributed by atoms with Gasteiger partial charge < -0.3 is 14.8 Å². The van der Waals surface area contributed by atoms with Crippen LogP contribution >= 0.6 is 12.6 Å². The minimum atomic E-state index is -0.636. The van der Waals surface area contributed by atoms with Crippen LogP contribution in [0.2, 0.25) is 0 Å². The quantitative estimate of drug-likeness (QED) is 0.543. The monoisotopic (exact) mass is 346 g/mol. The number of anilines is 2. The maximum atomic E-state index is 11.8. The number of rotatable bonds is 6. The van der Waals surface area contributed by atoms with E-state index in [1.54, 1.807) is 24.3 Å². The summed E-state index contributed by atoms with van der Waals surface area (Å²) in [5, 5.41) is 5.01. The Balaban J connectivity index is 1.79. The summed E-state index contributed by atoms with van der Waals surface area (Å²) >= 11 is 3.52. The highest BCUT2D eigenvalue weighted by molar-refractivity contribution is 7.96. The maximum Gasteiger partial charge on any atom is 0.411 e. The van der Waals surface area contributed by atoms with Crippen molar-refractivity contribution in [1.29, 1.82) is 0 Å². The molecule has 0 bridgehead atoms. The van der Waals surface area contributed by atoms with Gasteiger partial charge in [-0.3, -0.25) is 5.32 Å². The first-order valence-electron chi connectivity index (χ1n) is 7.22. The zero-order valence-corrected chi connectivity index (χ0v) is 14.0. The Morgan fingerprint density at radius 2 is 1.38 bits per heavy atom. The normalized spacial score (nSPS) is 9.92. The van der Waals surface area contributed by atoms with Crippen LogP contribution in [0.1, 0.15) is 11.1 Å². The minimum absolute atomic E-state index is 0.135. The summed E-state index contributed by atoms with van der Waals surface area (Å²) in [5.41, 5.74) is 3.27. The minimum Gasteiger partial charge on any atom is -0.453 e. The molecule has 0 aliphatic heterocycles. The van der Waals surface area contributed by atoms with Crippen molar-refractivity contribution >= 4 is 35.4 Å². The van der Waals surface area contributed by atoms with Crippen molar-refractivity contribution in [1.82, 2.24) is 0 Å². The van der Waals surface area contributed by atoms with Gasteiger partial charge in [-0.25, -0.2) is 9.59 Å². The predicted molar refractivity (Wildman–Crippen MR) is 95.4 cm³/mol. The molecule has 7 heteroatoms. The second-order valence-electron chi connectivity index (χ2n) is 4.90. The van der Waals surface area contributed by atoms with Gasteiger partial charge in [0, 0.05) is 18.4 Å². The lowest BCUT2D eigenvalue weighted by molar-refractivity contribution is 0.155. The van der Waals surface area contributed by atoms with Crippen LogP contribution in [-0.2, 0) is 22.7 Å². The van der Waals surface area contributed by atoms with Crippen LogP contribution in [0.3, 0.4) is 0 Å². The fourth-order valence-corrected chi connectivity index (χ4v) is 1.96. The fraction of sp³-hybridized carbons (Fsp3) is 0.176. The first-order valence-corrected chi connectivity index (χ1v) is 7.66. The first kappa shape index (κ1) is 17.7. The van der Waals surface area contributed by atoms with E-state index in [-0.39, 0.29) is 13.2 Å². The molecule has 0 heterocycles. The van der Waals surface area contributed by atoms with Gasteiger partial charge in [-0.2, -0.15) is 0 Å². The fourth-order valence-electron chi connectivity index (χ4n) is 1.90. The van der Waals surface area contributed by atoms with Gasteiger partial charge >= 0.3 is 11.4 Å². The van der Waals surface area contributed by atoms with E-state index in [4.69, 9.17) is 9.47 Å². The molecule has 0 radical (unpaired) electrons. The number of amides is 1. The highest BCUT2D eigenvalue weighted by atomic mass is 32.1. The number of ether oxygens (including phenoxy) is 2. The molecule has 2 N–H and O–H groups in total. The van der Waals surface area contributed by atoms with E-state index < -0.39 is 11.4 Å². The lowest BCUT2D eigenvalue weighted by atomic mass is 10.2. The van der Waals surface area contributed by atoms with Crippen molar-refractivity contribution in [2.75, 3.05) is 17.7 Å². The van der Waals surface area contributed by atoms with Gasteiger partial charge in [0.1, 0.15) is 13.2 Å². The average molecular weight is 346 g/mol. The molecule has 2 aromatic carbocycles. The molecule has 0 spiro atoms. The van der Waals surface area contributed by atoms with Crippen molar-refractivity contribution in [3.05, 3.63) is 59.7 Å². The summed E-state index contributed by atoms with van der Waals surface area (Å²) in [6.07, 6.45) is -0.540. The van der Waals surface area contributed by atoms with Gasteiger partial charge in [-0.15, -0.1) is 0 Å². The number of carbonyl (C=O) groups excluding carboxylic acids is 2. The van der Waals surface area contributed by atoms with Gasteiger partial charge in [-0.05, 0) is 35.4 Å². The summed E-state index contributed by atoms with van der Waals surface area (Å²) in [7, 11) is 1.84. The largest absolute Gasteiger partial charge is 0.453 e. The lowest BCUT2D eigenvalue weighted by Gasteiger charge is -2.08. The maximum absolute atomic E-state index is 11.8. The lowest BCUT2D eigenvalue weighted by Crippen LogP contribution is -2.13. The molecule has 2 aromatic rings. The Bertz CT molecular complexity index is 687. The molecule has 24 heavy (non-hydrogen) atoms. The third-order valence-electron chi connectivity index (χ3n) is 3.18. The molecular formula is C17H18N2O4S. The molecule has 0 fully saturated rings. The SMILES string of the molecule is CNc1ccc(COC(=O)Nc2ccc(COC(=O)S)cc2)cc1. The second-order valence-corrected chi connectivity index (χ2v) is 5.26. The summed E-state index contributed by atoms with van der Waals surface area (Å²) in [5.74, 6) is 0. The van der Waals surface area contributed by atoms with Crippen LogP contribution in [0.15, 0.2) is 48.5 Å². The van der Waals surface area contributed by atoms with Crippen LogP contribution in [0, 0.1) is 0 Å². The van der Waals surface area contributed by atoms with Crippen molar-refractivity contribution in [2.24, 2.45) is 0 Å². The summed E-state index contributed by atoms with van der Waals surface area (Å²) in [4.78, 5) is 22.4. The van der Waals surface area contributed by atoms with Crippen LogP contribution in [0.25, 0.3) is 0 Å². The molecule has 0 saturated heterocycles. The van der Waals surface area contributed by atoms with Crippen molar-refractivity contribution in [3.63, 3.8) is 0 Å². The van der Waals surface area contributed by atoms with Gasteiger partial charge in [0.25, 0.3) is 0 Å². The number of hydrogen-bond acceptors (Lipinski definition) is 5. The molecule has 2 rings (SSSR count). The zero-order valence-electron chi connectivity index (χ0n) is 13.1. The predicted octanol–water partition coefficient (Wildman–Crippen LogP) is 4.04. The van der Waals surface area contributed by atoms with Gasteiger partial charge in [-0.1, -0.05) is 36.9 Å². The molecule has 0 saturated carbocycles. The molecule has 0 aromatic heterocycles. The van der Waals surface area contributed by atoms with Crippen LogP contribution in [-0.4, -0.2) is 18.4 Å². The number of nitrogens with one attached hydrogen (secondary N) is 2. The Kier molecular flexibility index (Phi) is 6.51. The Hall–Kier alpha value is -2.67. The average Bonchev–Trinajstić information content (AvgIpc) is 2.60. The van der Waals surface area contributed by atoms with E-state index in [2.05, 4.69) is 23.3 Å². The molecule has 126 valence electrons. The van der Waals surface area contributed by atoms with Crippen LogP contribution < -0.4 is 10.6 Å². The molecule has 0 unspecified atom stereocenters. The molecule has 0 aliphatic rings. The summed E-state index contributed by atoms with van der Waals surface area (Å²) in [6, 6.07) is 14.5. The third kappa shape index (κ3) is 5.85. The highest BCUT2D eigenvalue weighted by Gasteiger charge is 2.04. The van der Waals surface area contributed by atoms with E-state index in [1.807, 2.05) is 31.3 Å². The van der Waals surface area contributed by atoms with Gasteiger partial charge in [0.05, 0.1) is 0 Å². The van der Waals surface area contributed by atoms with E-state index in [0.29, 0.717) is 5.69 Å². The van der Waals surface area contributed by atoms with Gasteiger partial charge in [0.15, 0.2) is 0 Å². The van der Waals surface area contributed by atoms with Crippen molar-refractivity contribution < 1.29 is 19.1 Å². The number of thiol groups is 1. The Morgan fingerprint density at radius 1 is 0.875 bits per heavy atom. The van der Waals surface area contributed by atoms with E-state index >= 15 is 0 Å². The van der Waals surface area contributed by atoms with E-state index in [1.165, 1.54) is 0 Å². The second kappa shape index (κ2) is 8.83. The van der Waals surface area contributed by atoms with Crippen molar-refractivity contribution in [2.45, 2.75) is 13.2 Å². The molecule has 0 aliphatic carbocycles. The smallest absolute Gasteiger partial charge is 0.411 e. The van der Waals surface area contributed by atoms with Gasteiger partial charge in [0.2, 0.25) is 0 Å². The van der Waals surface area contributed by atoms with Crippen LogP contribution in [0.5, 0.6) is 0 Å². The Morgan fingerprint density at radius 3 is 1.88 bits per heavy atom. The van der Waals surface area contributed by atoms with E-state index in [9.17, 15) is 9.59 Å².